The van der Waals surface area contributed by atoms with Gasteiger partial charge in [0.05, 0.1) is 48.1 Å². The minimum atomic E-state index is -1.15. The van der Waals surface area contributed by atoms with Crippen LogP contribution in [0.3, 0.4) is 0 Å². The van der Waals surface area contributed by atoms with E-state index < -0.39 is 30.2 Å². The predicted octanol–water partition coefficient (Wildman–Crippen LogP) is 5.27. The normalized spacial score (nSPS) is 21.4. The summed E-state index contributed by atoms with van der Waals surface area (Å²) in [5.41, 5.74) is 0.829. The molecule has 0 unspecified atom stereocenters. The molecule has 5 rings (SSSR count). The van der Waals surface area contributed by atoms with E-state index in [4.69, 9.17) is 33.4 Å². The first-order chi connectivity index (χ1) is 20.0. The molecular weight excluding hydrogens is 534 g/mol. The van der Waals surface area contributed by atoms with Gasteiger partial charge in [0.25, 0.3) is 6.02 Å². The first-order valence-electron chi connectivity index (χ1n) is 13.3. The van der Waals surface area contributed by atoms with Gasteiger partial charge >= 0.3 is 0 Å². The SMILES string of the molecule is COc1ccc(CN(Cc2ccc(OC)cc2OC)C2=N[C@@]3(c4ccccc4F)CCO[C@H]3[C@@H](CF)O2)c(OC)c1. The maximum atomic E-state index is 15.3. The quantitative estimate of drug-likeness (QED) is 0.330. The summed E-state index contributed by atoms with van der Waals surface area (Å²) >= 11 is 0. The lowest BCUT2D eigenvalue weighted by molar-refractivity contribution is -0.0534. The fourth-order valence-electron chi connectivity index (χ4n) is 5.54. The molecule has 3 aromatic rings. The minimum absolute atomic E-state index is 0.174. The fourth-order valence-corrected chi connectivity index (χ4v) is 5.54. The predicted molar refractivity (Wildman–Crippen MR) is 149 cm³/mol. The van der Waals surface area contributed by atoms with Crippen molar-refractivity contribution in [1.29, 1.82) is 0 Å². The van der Waals surface area contributed by atoms with Gasteiger partial charge in [0.1, 0.15) is 47.1 Å². The average Bonchev–Trinajstić information content (AvgIpc) is 3.45. The number of aliphatic imine (C=N–C) groups is 1. The molecule has 0 aromatic heterocycles. The smallest absolute Gasteiger partial charge is 0.289 e. The summed E-state index contributed by atoms with van der Waals surface area (Å²) in [6.07, 6.45) is -1.38. The maximum absolute atomic E-state index is 15.3. The monoisotopic (exact) mass is 568 g/mol. The molecule has 10 heteroatoms. The maximum Gasteiger partial charge on any atom is 0.289 e. The van der Waals surface area contributed by atoms with E-state index in [-0.39, 0.29) is 19.1 Å². The molecular formula is C31H34F2N2O6. The molecule has 3 aromatic carbocycles. The van der Waals surface area contributed by atoms with Gasteiger partial charge in [-0.2, -0.15) is 0 Å². The summed E-state index contributed by atoms with van der Waals surface area (Å²) in [5, 5.41) is 0. The van der Waals surface area contributed by atoms with Crippen LogP contribution in [-0.2, 0) is 28.1 Å². The van der Waals surface area contributed by atoms with E-state index in [2.05, 4.69) is 0 Å². The van der Waals surface area contributed by atoms with Crippen molar-refractivity contribution in [1.82, 2.24) is 4.90 Å². The molecule has 0 amide bonds. The van der Waals surface area contributed by atoms with Gasteiger partial charge in [0.15, 0.2) is 6.10 Å². The molecule has 0 aliphatic carbocycles. The van der Waals surface area contributed by atoms with E-state index in [0.29, 0.717) is 41.6 Å². The highest BCUT2D eigenvalue weighted by Gasteiger charge is 2.55. The third-order valence-electron chi connectivity index (χ3n) is 7.61. The Morgan fingerprint density at radius 1 is 0.878 bits per heavy atom. The first-order valence-corrected chi connectivity index (χ1v) is 13.3. The van der Waals surface area contributed by atoms with Crippen molar-refractivity contribution in [2.75, 3.05) is 41.7 Å². The Morgan fingerprint density at radius 2 is 1.49 bits per heavy atom. The summed E-state index contributed by atoms with van der Waals surface area (Å²) in [4.78, 5) is 6.90. The number of hydrogen-bond acceptors (Lipinski definition) is 8. The number of fused-ring (bicyclic) bond motifs is 1. The van der Waals surface area contributed by atoms with Gasteiger partial charge in [-0.05, 0) is 30.3 Å². The van der Waals surface area contributed by atoms with Gasteiger partial charge in [0, 0.05) is 35.2 Å². The van der Waals surface area contributed by atoms with E-state index in [1.165, 1.54) is 6.07 Å². The molecule has 0 N–H and O–H groups in total. The van der Waals surface area contributed by atoms with Gasteiger partial charge in [0.2, 0.25) is 0 Å². The van der Waals surface area contributed by atoms with E-state index >= 15 is 4.39 Å². The van der Waals surface area contributed by atoms with E-state index in [1.807, 2.05) is 29.2 Å². The highest BCUT2D eigenvalue weighted by molar-refractivity contribution is 5.76. The zero-order valence-corrected chi connectivity index (χ0v) is 23.6. The van der Waals surface area contributed by atoms with Crippen LogP contribution in [0, 0.1) is 5.82 Å². The Balaban J connectivity index is 1.63. The van der Waals surface area contributed by atoms with Crippen molar-refractivity contribution in [3.05, 3.63) is 83.2 Å². The van der Waals surface area contributed by atoms with E-state index in [0.717, 1.165) is 11.1 Å². The molecule has 2 aliphatic rings. The van der Waals surface area contributed by atoms with Crippen LogP contribution in [0.1, 0.15) is 23.1 Å². The Morgan fingerprint density at radius 3 is 2.02 bits per heavy atom. The molecule has 41 heavy (non-hydrogen) atoms. The summed E-state index contributed by atoms with van der Waals surface area (Å²) in [5.74, 6) is 2.05. The van der Waals surface area contributed by atoms with E-state index in [9.17, 15) is 4.39 Å². The van der Waals surface area contributed by atoms with Crippen LogP contribution in [0.15, 0.2) is 65.7 Å². The molecule has 8 nitrogen and oxygen atoms in total. The molecule has 3 atom stereocenters. The molecule has 1 saturated heterocycles. The number of halogens is 2. The molecule has 218 valence electrons. The number of hydrogen-bond donors (Lipinski definition) is 0. The second-order valence-corrected chi connectivity index (χ2v) is 9.86. The van der Waals surface area contributed by atoms with Crippen LogP contribution in [0.5, 0.6) is 23.0 Å². The Kier molecular flexibility index (Phi) is 8.49. The zero-order chi connectivity index (χ0) is 29.0. The molecule has 0 radical (unpaired) electrons. The molecule has 0 bridgehead atoms. The second kappa shape index (κ2) is 12.2. The molecule has 1 fully saturated rings. The molecule has 0 spiro atoms. The summed E-state index contributed by atoms with van der Waals surface area (Å²) in [6, 6.07) is 17.6. The lowest BCUT2D eigenvalue weighted by Crippen LogP contribution is -2.53. The van der Waals surface area contributed by atoms with Crippen LogP contribution in [0.2, 0.25) is 0 Å². The standard InChI is InChI=1S/C31H34F2N2O6/c1-36-22-11-9-20(26(15-22)38-3)18-35(19-21-10-12-23(37-2)16-27(21)39-4)30-34-31(24-7-5-6-8-25(24)33)13-14-40-29(31)28(17-32)41-30/h5-12,15-16,28-29H,13-14,17-19H2,1-4H3/t28-,29+,31-/m1/s1. The fraction of sp³-hybridized carbons (Fsp3) is 0.387. The van der Waals surface area contributed by atoms with Crippen LogP contribution in [0.4, 0.5) is 8.78 Å². The molecule has 2 aliphatic heterocycles. The van der Waals surface area contributed by atoms with E-state index in [1.54, 1.807) is 58.8 Å². The lowest BCUT2D eigenvalue weighted by Gasteiger charge is -2.42. The minimum Gasteiger partial charge on any atom is -0.497 e. The number of methoxy groups -OCH3 is 4. The first kappa shape index (κ1) is 28.5. The van der Waals surface area contributed by atoms with Gasteiger partial charge in [-0.15, -0.1) is 0 Å². The molecule has 2 heterocycles. The number of alkyl halides is 1. The number of rotatable bonds is 10. The number of amidine groups is 1. The van der Waals surface area contributed by atoms with Gasteiger partial charge in [-0.3, -0.25) is 0 Å². The second-order valence-electron chi connectivity index (χ2n) is 9.86. The van der Waals surface area contributed by atoms with Crippen molar-refractivity contribution in [2.45, 2.75) is 37.3 Å². The Hall–Kier alpha value is -4.05. The summed E-state index contributed by atoms with van der Waals surface area (Å²) in [6.45, 7) is 0.0256. The highest BCUT2D eigenvalue weighted by atomic mass is 19.1. The van der Waals surface area contributed by atoms with Gasteiger partial charge in [-0.1, -0.05) is 18.2 Å². The third kappa shape index (κ3) is 5.48. The Bertz CT molecular complexity index is 1350. The van der Waals surface area contributed by atoms with Gasteiger partial charge < -0.3 is 33.3 Å². The largest absolute Gasteiger partial charge is 0.497 e. The van der Waals surface area contributed by atoms with Crippen LogP contribution in [0.25, 0.3) is 0 Å². The zero-order valence-electron chi connectivity index (χ0n) is 23.6. The van der Waals surface area contributed by atoms with Crippen molar-refractivity contribution in [3.63, 3.8) is 0 Å². The van der Waals surface area contributed by atoms with Crippen LogP contribution in [-0.4, -0.2) is 64.9 Å². The van der Waals surface area contributed by atoms with Gasteiger partial charge in [-0.25, -0.2) is 13.8 Å². The average molecular weight is 569 g/mol. The molecule has 0 saturated carbocycles. The van der Waals surface area contributed by atoms with Crippen LogP contribution < -0.4 is 18.9 Å². The Labute approximate surface area is 238 Å². The van der Waals surface area contributed by atoms with Crippen molar-refractivity contribution in [3.8, 4) is 23.0 Å². The summed E-state index contributed by atoms with van der Waals surface area (Å²) < 4.78 is 64.0. The van der Waals surface area contributed by atoms with Crippen molar-refractivity contribution in [2.24, 2.45) is 4.99 Å². The van der Waals surface area contributed by atoms with Crippen molar-refractivity contribution < 1.29 is 37.2 Å². The van der Waals surface area contributed by atoms with Crippen molar-refractivity contribution >= 4 is 6.02 Å². The summed E-state index contributed by atoms with van der Waals surface area (Å²) in [7, 11) is 6.33. The van der Waals surface area contributed by atoms with Crippen LogP contribution >= 0.6 is 0 Å². The number of nitrogens with zero attached hydrogens (tertiary/aromatic N) is 2. The number of ether oxygens (including phenoxy) is 6. The lowest BCUT2D eigenvalue weighted by atomic mass is 9.81. The topological polar surface area (TPSA) is 71.0 Å². The number of benzene rings is 3. The third-order valence-corrected chi connectivity index (χ3v) is 7.61. The highest BCUT2D eigenvalue weighted by Crippen LogP contribution is 2.46.